The van der Waals surface area contributed by atoms with Gasteiger partial charge in [0.1, 0.15) is 11.6 Å². The van der Waals surface area contributed by atoms with Crippen LogP contribution >= 0.6 is 0 Å². The Kier molecular flexibility index (Phi) is 4.42. The van der Waals surface area contributed by atoms with Gasteiger partial charge in [-0.25, -0.2) is 4.79 Å². The van der Waals surface area contributed by atoms with E-state index >= 15 is 0 Å². The topological polar surface area (TPSA) is 97.8 Å². The summed E-state index contributed by atoms with van der Waals surface area (Å²) in [7, 11) is 0. The van der Waals surface area contributed by atoms with Crippen LogP contribution in [0.3, 0.4) is 0 Å². The van der Waals surface area contributed by atoms with Crippen LogP contribution in [0.4, 0.5) is 4.79 Å². The summed E-state index contributed by atoms with van der Waals surface area (Å²) >= 11 is 0. The molecule has 0 bridgehead atoms. The molecule has 1 aromatic carbocycles. The molecule has 2 aliphatic heterocycles. The number of benzene rings is 1. The predicted octanol–water partition coefficient (Wildman–Crippen LogP) is 2.53. The molecule has 0 spiro atoms. The Bertz CT molecular complexity index is 1130. The number of urea groups is 1. The summed E-state index contributed by atoms with van der Waals surface area (Å²) in [5.41, 5.74) is 1.33. The van der Waals surface area contributed by atoms with Gasteiger partial charge in [0.15, 0.2) is 18.0 Å². The largest absolute Gasteiger partial charge is 0.501 e. The number of hydrogen-bond acceptors (Lipinski definition) is 7. The van der Waals surface area contributed by atoms with Crippen molar-refractivity contribution in [2.24, 2.45) is 5.92 Å². The van der Waals surface area contributed by atoms with Crippen molar-refractivity contribution in [1.29, 1.82) is 0 Å². The SMILES string of the molecule is CCCN1C(=O)C2C=CC=CC2=[N+](Cc2nc(-c3ccc4c(c3)OCO4)no2)C1=O. The molecule has 1 aromatic heterocycles. The highest BCUT2D eigenvalue weighted by atomic mass is 16.7. The molecule has 5 rings (SSSR count). The van der Waals surface area contributed by atoms with Gasteiger partial charge < -0.3 is 14.0 Å². The van der Waals surface area contributed by atoms with Crippen molar-refractivity contribution < 1.29 is 28.2 Å². The first kappa shape index (κ1) is 18.3. The zero-order valence-electron chi connectivity index (χ0n) is 16.3. The first-order valence-corrected chi connectivity index (χ1v) is 9.73. The maximum absolute atomic E-state index is 13.0. The first-order valence-electron chi connectivity index (χ1n) is 9.73. The Morgan fingerprint density at radius 1 is 1.20 bits per heavy atom. The van der Waals surface area contributed by atoms with Gasteiger partial charge in [-0.1, -0.05) is 30.3 Å². The van der Waals surface area contributed by atoms with Crippen molar-refractivity contribution in [2.45, 2.75) is 19.9 Å². The molecule has 0 fully saturated rings. The molecule has 3 amide bonds. The molecule has 0 N–H and O–H groups in total. The van der Waals surface area contributed by atoms with Crippen molar-refractivity contribution in [3.05, 3.63) is 48.4 Å². The van der Waals surface area contributed by atoms with Crippen LogP contribution < -0.4 is 9.47 Å². The van der Waals surface area contributed by atoms with Crippen molar-refractivity contribution in [3.63, 3.8) is 0 Å². The minimum absolute atomic E-state index is 0.0773. The molecular weight excluding hydrogens is 388 g/mol. The third kappa shape index (κ3) is 2.99. The molecule has 9 nitrogen and oxygen atoms in total. The molecule has 2 aromatic rings. The van der Waals surface area contributed by atoms with Crippen LogP contribution in [-0.2, 0) is 11.3 Å². The minimum atomic E-state index is -0.490. The summed E-state index contributed by atoms with van der Waals surface area (Å²) in [6.45, 7) is 2.55. The first-order chi connectivity index (χ1) is 14.7. The van der Waals surface area contributed by atoms with E-state index in [2.05, 4.69) is 10.1 Å². The highest BCUT2D eigenvalue weighted by molar-refractivity contribution is 6.16. The van der Waals surface area contributed by atoms with Crippen LogP contribution in [0.25, 0.3) is 11.4 Å². The molecule has 1 atom stereocenters. The van der Waals surface area contributed by atoms with Crippen molar-refractivity contribution >= 4 is 17.6 Å². The number of rotatable bonds is 5. The Labute approximate surface area is 171 Å². The van der Waals surface area contributed by atoms with Crippen LogP contribution in [0.5, 0.6) is 11.5 Å². The lowest BCUT2D eigenvalue weighted by atomic mass is 9.94. The van der Waals surface area contributed by atoms with E-state index in [1.807, 2.05) is 19.1 Å². The van der Waals surface area contributed by atoms with E-state index < -0.39 is 5.92 Å². The second-order valence-electron chi connectivity index (χ2n) is 7.08. The lowest BCUT2D eigenvalue weighted by Crippen LogP contribution is -2.54. The fourth-order valence-corrected chi connectivity index (χ4v) is 3.71. The Morgan fingerprint density at radius 3 is 2.93 bits per heavy atom. The molecule has 3 aliphatic rings. The highest BCUT2D eigenvalue weighted by Gasteiger charge is 2.46. The Balaban J connectivity index is 1.46. The smallest absolute Gasteiger partial charge is 0.454 e. The normalized spacial score (nSPS) is 19.6. The Morgan fingerprint density at radius 2 is 2.07 bits per heavy atom. The summed E-state index contributed by atoms with van der Waals surface area (Å²) in [5.74, 6) is 1.25. The zero-order valence-corrected chi connectivity index (χ0v) is 16.3. The monoisotopic (exact) mass is 407 g/mol. The molecule has 1 unspecified atom stereocenters. The second kappa shape index (κ2) is 7.25. The van der Waals surface area contributed by atoms with Gasteiger partial charge in [-0.05, 0) is 30.7 Å². The van der Waals surface area contributed by atoms with Gasteiger partial charge in [-0.2, -0.15) is 19.3 Å². The van der Waals surface area contributed by atoms with Gasteiger partial charge in [-0.15, -0.1) is 0 Å². The van der Waals surface area contributed by atoms with Crippen LogP contribution in [-0.4, -0.2) is 50.6 Å². The highest BCUT2D eigenvalue weighted by Crippen LogP contribution is 2.35. The van der Waals surface area contributed by atoms with Gasteiger partial charge in [-0.3, -0.25) is 0 Å². The number of carbonyl (C=O) groups is 2. The van der Waals surface area contributed by atoms with Crippen LogP contribution in [0.1, 0.15) is 19.2 Å². The molecule has 30 heavy (non-hydrogen) atoms. The summed E-state index contributed by atoms with van der Waals surface area (Å²) in [6, 6.07) is 5.01. The van der Waals surface area contributed by atoms with Gasteiger partial charge in [0, 0.05) is 5.56 Å². The third-order valence-corrected chi connectivity index (χ3v) is 5.15. The van der Waals surface area contributed by atoms with Crippen LogP contribution in [0.15, 0.2) is 47.0 Å². The number of carbonyl (C=O) groups excluding carboxylic acids is 2. The fourth-order valence-electron chi connectivity index (χ4n) is 3.71. The zero-order chi connectivity index (χ0) is 20.7. The number of imide groups is 1. The fraction of sp³-hybridized carbons (Fsp3) is 0.286. The van der Waals surface area contributed by atoms with E-state index in [0.29, 0.717) is 41.6 Å². The van der Waals surface area contributed by atoms with E-state index in [1.165, 1.54) is 9.48 Å². The summed E-state index contributed by atoms with van der Waals surface area (Å²) in [5, 5.41) is 4.03. The number of nitrogens with zero attached hydrogens (tertiary/aromatic N) is 4. The summed E-state index contributed by atoms with van der Waals surface area (Å²) < 4.78 is 17.6. The van der Waals surface area contributed by atoms with Gasteiger partial charge in [0.05, 0.1) is 6.54 Å². The predicted molar refractivity (Wildman–Crippen MR) is 104 cm³/mol. The van der Waals surface area contributed by atoms with Gasteiger partial charge in [0.2, 0.25) is 12.6 Å². The molecule has 0 radical (unpaired) electrons. The number of fused-ring (bicyclic) bond motifs is 2. The van der Waals surface area contributed by atoms with Gasteiger partial charge >= 0.3 is 11.9 Å². The van der Waals surface area contributed by atoms with E-state index in [0.717, 1.165) is 0 Å². The van der Waals surface area contributed by atoms with E-state index in [1.54, 1.807) is 30.4 Å². The maximum Gasteiger partial charge on any atom is 0.501 e. The molecule has 152 valence electrons. The lowest BCUT2D eigenvalue weighted by molar-refractivity contribution is -0.460. The van der Waals surface area contributed by atoms with Crippen LogP contribution in [0, 0.1) is 5.92 Å². The summed E-state index contributed by atoms with van der Waals surface area (Å²) in [4.78, 5) is 31.5. The second-order valence-corrected chi connectivity index (χ2v) is 7.08. The van der Waals surface area contributed by atoms with Crippen molar-refractivity contribution in [3.8, 4) is 22.9 Å². The quantitative estimate of drug-likeness (QED) is 0.703. The third-order valence-electron chi connectivity index (χ3n) is 5.15. The van der Waals surface area contributed by atoms with Gasteiger partial charge in [0.25, 0.3) is 5.89 Å². The number of ether oxygens (including phenoxy) is 2. The standard InChI is InChI=1S/C21H19N4O5/c1-2-9-24-20(26)14-5-3-4-6-15(14)25(21(24)27)11-18-22-19(23-30-18)13-7-8-16-17(10-13)29-12-28-16/h3-8,10,14H,2,9,11-12H2,1H3/q+1. The van der Waals surface area contributed by atoms with E-state index in [4.69, 9.17) is 14.0 Å². The van der Waals surface area contributed by atoms with E-state index in [-0.39, 0.29) is 31.2 Å². The molecular formula is C21H19N4O5+. The van der Waals surface area contributed by atoms with Crippen LogP contribution in [0.2, 0.25) is 0 Å². The van der Waals surface area contributed by atoms with Crippen molar-refractivity contribution in [1.82, 2.24) is 15.0 Å². The molecule has 3 heterocycles. The number of amides is 3. The lowest BCUT2D eigenvalue weighted by Gasteiger charge is -2.26. The Hall–Kier alpha value is -3.75. The number of allylic oxidation sites excluding steroid dienone is 3. The molecule has 1 aliphatic carbocycles. The average molecular weight is 407 g/mol. The van der Waals surface area contributed by atoms with E-state index in [9.17, 15) is 9.59 Å². The minimum Gasteiger partial charge on any atom is -0.454 e. The molecule has 0 saturated carbocycles. The van der Waals surface area contributed by atoms with Crippen molar-refractivity contribution in [2.75, 3.05) is 13.3 Å². The maximum atomic E-state index is 13.0. The summed E-state index contributed by atoms with van der Waals surface area (Å²) in [6.07, 6.45) is 7.88. The molecule has 9 heteroatoms. The average Bonchev–Trinajstić information content (AvgIpc) is 3.43. The number of aromatic nitrogens is 2. The molecule has 0 saturated heterocycles. The number of hydrogen-bond donors (Lipinski definition) is 0.